The lowest BCUT2D eigenvalue weighted by Gasteiger charge is -2.28. The summed E-state index contributed by atoms with van der Waals surface area (Å²) in [6.07, 6.45) is 5.92. The lowest BCUT2D eigenvalue weighted by molar-refractivity contribution is 0.306. The van der Waals surface area contributed by atoms with Crippen molar-refractivity contribution in [2.24, 2.45) is 11.7 Å². The topological polar surface area (TPSA) is 26.0 Å². The first-order chi connectivity index (χ1) is 7.66. The molecule has 2 unspecified atom stereocenters. The average molecular weight is 258 g/mol. The van der Waals surface area contributed by atoms with Gasteiger partial charge in [0.25, 0.3) is 0 Å². The third kappa shape index (κ3) is 2.91. The van der Waals surface area contributed by atoms with Crippen molar-refractivity contribution in [3.8, 4) is 0 Å². The Hall–Kier alpha value is -0.240. The predicted octanol–water partition coefficient (Wildman–Crippen LogP) is 4.05. The highest BCUT2D eigenvalue weighted by Crippen LogP contribution is 2.29. The summed E-state index contributed by atoms with van der Waals surface area (Å²) in [5.41, 5.74) is 7.31. The van der Waals surface area contributed by atoms with Crippen molar-refractivity contribution in [1.82, 2.24) is 0 Å². The van der Waals surface area contributed by atoms with E-state index in [9.17, 15) is 0 Å². The van der Waals surface area contributed by atoms with Crippen molar-refractivity contribution >= 4 is 23.2 Å². The molecule has 1 aromatic carbocycles. The normalized spacial score (nSPS) is 25.7. The van der Waals surface area contributed by atoms with Crippen molar-refractivity contribution in [3.05, 3.63) is 33.8 Å². The highest BCUT2D eigenvalue weighted by molar-refractivity contribution is 6.35. The molecule has 0 bridgehead atoms. The minimum absolute atomic E-state index is 0.334. The highest BCUT2D eigenvalue weighted by atomic mass is 35.5. The maximum atomic E-state index is 6.17. The minimum Gasteiger partial charge on any atom is -0.327 e. The second-order valence-corrected chi connectivity index (χ2v) is 5.49. The van der Waals surface area contributed by atoms with Crippen LogP contribution in [0.15, 0.2) is 18.2 Å². The lowest BCUT2D eigenvalue weighted by Crippen LogP contribution is -2.34. The van der Waals surface area contributed by atoms with Crippen molar-refractivity contribution in [1.29, 1.82) is 0 Å². The first-order valence-corrected chi connectivity index (χ1v) is 6.62. The standard InChI is InChI=1S/C13H17Cl2N/c14-11-6-5-9(12(15)8-11)7-10-3-1-2-4-13(10)16/h5-6,8,10,13H,1-4,7,16H2. The van der Waals surface area contributed by atoms with Crippen molar-refractivity contribution < 1.29 is 0 Å². The van der Waals surface area contributed by atoms with Gasteiger partial charge in [-0.15, -0.1) is 0 Å². The fraction of sp³-hybridized carbons (Fsp3) is 0.538. The van der Waals surface area contributed by atoms with Gasteiger partial charge in [-0.3, -0.25) is 0 Å². The Balaban J connectivity index is 2.07. The van der Waals surface area contributed by atoms with E-state index in [4.69, 9.17) is 28.9 Å². The van der Waals surface area contributed by atoms with Crippen molar-refractivity contribution in [2.45, 2.75) is 38.1 Å². The summed E-state index contributed by atoms with van der Waals surface area (Å²) in [4.78, 5) is 0. The van der Waals surface area contributed by atoms with Gasteiger partial charge in [-0.2, -0.15) is 0 Å². The lowest BCUT2D eigenvalue weighted by atomic mass is 9.81. The molecule has 1 aliphatic rings. The van der Waals surface area contributed by atoms with Crippen LogP contribution in [0.4, 0.5) is 0 Å². The van der Waals surface area contributed by atoms with Crippen LogP contribution < -0.4 is 5.73 Å². The summed E-state index contributed by atoms with van der Waals surface area (Å²) in [5.74, 6) is 0.576. The molecule has 0 amide bonds. The van der Waals surface area contributed by atoms with Gasteiger partial charge in [0.1, 0.15) is 0 Å². The van der Waals surface area contributed by atoms with E-state index in [0.717, 1.165) is 17.9 Å². The van der Waals surface area contributed by atoms with Crippen LogP contribution in [0.2, 0.25) is 10.0 Å². The van der Waals surface area contributed by atoms with Gasteiger partial charge in [0, 0.05) is 16.1 Å². The summed E-state index contributed by atoms with van der Waals surface area (Å²) in [7, 11) is 0. The van der Waals surface area contributed by atoms with Gasteiger partial charge in [-0.1, -0.05) is 42.1 Å². The Kier molecular flexibility index (Phi) is 4.12. The number of nitrogens with two attached hydrogens (primary N) is 1. The molecule has 1 aliphatic carbocycles. The molecule has 2 rings (SSSR count). The largest absolute Gasteiger partial charge is 0.327 e. The third-order valence-electron chi connectivity index (χ3n) is 3.47. The quantitative estimate of drug-likeness (QED) is 0.850. The third-order valence-corrected chi connectivity index (χ3v) is 4.05. The Labute approximate surface area is 107 Å². The summed E-state index contributed by atoms with van der Waals surface area (Å²) < 4.78 is 0. The summed E-state index contributed by atoms with van der Waals surface area (Å²) in [6, 6.07) is 6.07. The zero-order chi connectivity index (χ0) is 11.5. The maximum Gasteiger partial charge on any atom is 0.0452 e. The van der Waals surface area contributed by atoms with E-state index in [1.54, 1.807) is 0 Å². The van der Waals surface area contributed by atoms with E-state index >= 15 is 0 Å². The van der Waals surface area contributed by atoms with E-state index in [-0.39, 0.29) is 0 Å². The average Bonchev–Trinajstić information content (AvgIpc) is 2.25. The number of rotatable bonds is 2. The molecule has 1 aromatic rings. The van der Waals surface area contributed by atoms with E-state index in [1.165, 1.54) is 24.8 Å². The number of benzene rings is 1. The number of hydrogen-bond donors (Lipinski definition) is 1. The SMILES string of the molecule is NC1CCCCC1Cc1ccc(Cl)cc1Cl. The molecule has 1 saturated carbocycles. The van der Waals surface area contributed by atoms with Crippen LogP contribution in [0.5, 0.6) is 0 Å². The Morgan fingerprint density at radius 3 is 2.62 bits per heavy atom. The molecule has 0 saturated heterocycles. The number of hydrogen-bond acceptors (Lipinski definition) is 1. The van der Waals surface area contributed by atoms with Gasteiger partial charge >= 0.3 is 0 Å². The smallest absolute Gasteiger partial charge is 0.0452 e. The van der Waals surface area contributed by atoms with Crippen molar-refractivity contribution in [2.75, 3.05) is 0 Å². The minimum atomic E-state index is 0.334. The molecule has 3 heteroatoms. The molecule has 2 N–H and O–H groups in total. The molecule has 0 heterocycles. The van der Waals surface area contributed by atoms with Gasteiger partial charge in [0.15, 0.2) is 0 Å². The summed E-state index contributed by atoms with van der Waals surface area (Å²) in [5, 5.41) is 1.46. The van der Waals surface area contributed by atoms with E-state index in [2.05, 4.69) is 0 Å². The molecule has 16 heavy (non-hydrogen) atoms. The van der Waals surface area contributed by atoms with Gasteiger partial charge in [-0.25, -0.2) is 0 Å². The van der Waals surface area contributed by atoms with Crippen LogP contribution in [0.25, 0.3) is 0 Å². The molecule has 1 nitrogen and oxygen atoms in total. The second-order valence-electron chi connectivity index (χ2n) is 4.65. The van der Waals surface area contributed by atoms with Gasteiger partial charge in [0.05, 0.1) is 0 Å². The molecular formula is C13H17Cl2N. The van der Waals surface area contributed by atoms with E-state index < -0.39 is 0 Å². The summed E-state index contributed by atoms with van der Waals surface area (Å²) >= 11 is 12.1. The molecule has 88 valence electrons. The van der Waals surface area contributed by atoms with Gasteiger partial charge in [0.2, 0.25) is 0 Å². The Bertz CT molecular complexity index is 365. The Morgan fingerprint density at radius 2 is 1.94 bits per heavy atom. The Morgan fingerprint density at radius 1 is 1.19 bits per heavy atom. The molecule has 2 atom stereocenters. The molecular weight excluding hydrogens is 241 g/mol. The van der Waals surface area contributed by atoms with Crippen LogP contribution in [0.1, 0.15) is 31.2 Å². The molecule has 1 fully saturated rings. The van der Waals surface area contributed by atoms with Gasteiger partial charge in [-0.05, 0) is 42.9 Å². The fourth-order valence-corrected chi connectivity index (χ4v) is 2.95. The second kappa shape index (κ2) is 5.39. The van der Waals surface area contributed by atoms with Crippen LogP contribution in [-0.4, -0.2) is 6.04 Å². The predicted molar refractivity (Wildman–Crippen MR) is 70.1 cm³/mol. The first-order valence-electron chi connectivity index (χ1n) is 5.86. The van der Waals surface area contributed by atoms with Crippen LogP contribution in [0, 0.1) is 5.92 Å². The van der Waals surface area contributed by atoms with E-state index in [1.807, 2.05) is 18.2 Å². The monoisotopic (exact) mass is 257 g/mol. The van der Waals surface area contributed by atoms with Crippen LogP contribution >= 0.6 is 23.2 Å². The van der Waals surface area contributed by atoms with E-state index in [0.29, 0.717) is 17.0 Å². The summed E-state index contributed by atoms with van der Waals surface area (Å²) in [6.45, 7) is 0. The fourth-order valence-electron chi connectivity index (χ4n) is 2.46. The van der Waals surface area contributed by atoms with Gasteiger partial charge < -0.3 is 5.73 Å². The van der Waals surface area contributed by atoms with Crippen molar-refractivity contribution in [3.63, 3.8) is 0 Å². The molecule has 0 spiro atoms. The molecule has 0 radical (unpaired) electrons. The molecule has 0 aliphatic heterocycles. The highest BCUT2D eigenvalue weighted by Gasteiger charge is 2.22. The van der Waals surface area contributed by atoms with Crippen LogP contribution in [0.3, 0.4) is 0 Å². The first kappa shape index (κ1) is 12.2. The molecule has 0 aromatic heterocycles. The maximum absolute atomic E-state index is 6.17. The zero-order valence-electron chi connectivity index (χ0n) is 9.26. The van der Waals surface area contributed by atoms with Crippen LogP contribution in [-0.2, 0) is 6.42 Å². The zero-order valence-corrected chi connectivity index (χ0v) is 10.8. The number of halogens is 2.